The third-order valence-electron chi connectivity index (χ3n) is 6.80. The molecule has 3 atom stereocenters. The number of hydrogen-bond donors (Lipinski definition) is 0. The number of nitriles is 2. The molecular formula is C28H19ClFN3O. The maximum atomic E-state index is 14.1. The molecule has 3 aromatic rings. The summed E-state index contributed by atoms with van der Waals surface area (Å²) < 4.78 is 13.8. The first kappa shape index (κ1) is 21.9. The fraction of sp³-hybridized carbons (Fsp3) is 0.179. The molecule has 34 heavy (non-hydrogen) atoms. The summed E-state index contributed by atoms with van der Waals surface area (Å²) in [6.07, 6.45) is 3.64. The third-order valence-corrected chi connectivity index (χ3v) is 7.04. The highest BCUT2D eigenvalue weighted by Crippen LogP contribution is 2.55. The average Bonchev–Trinajstić information content (AvgIpc) is 3.15. The average molecular weight is 468 g/mol. The second kappa shape index (κ2) is 8.13. The zero-order valence-electron chi connectivity index (χ0n) is 18.2. The molecule has 0 unspecified atom stereocenters. The largest absolute Gasteiger partial charge is 0.351 e. The molecule has 0 spiro atoms. The van der Waals surface area contributed by atoms with Gasteiger partial charge in [0.2, 0.25) is 0 Å². The van der Waals surface area contributed by atoms with E-state index in [1.54, 1.807) is 42.5 Å². The topological polar surface area (TPSA) is 67.9 Å². The number of Topliss-reactive ketones (excluding diaryl/α,β-unsaturated/α-hetero) is 1. The number of anilines is 1. The molecular weight excluding hydrogens is 449 g/mol. The highest BCUT2D eigenvalue weighted by atomic mass is 35.5. The van der Waals surface area contributed by atoms with Crippen LogP contribution in [0.15, 0.2) is 72.8 Å². The van der Waals surface area contributed by atoms with E-state index in [1.165, 1.54) is 12.1 Å². The molecule has 0 radical (unpaired) electrons. The predicted octanol–water partition coefficient (Wildman–Crippen LogP) is 6.07. The quantitative estimate of drug-likeness (QED) is 0.438. The molecule has 2 heterocycles. The van der Waals surface area contributed by atoms with Crippen LogP contribution in [0.4, 0.5) is 10.1 Å². The van der Waals surface area contributed by atoms with Gasteiger partial charge in [-0.15, -0.1) is 0 Å². The van der Waals surface area contributed by atoms with Crippen LogP contribution in [0.3, 0.4) is 0 Å². The molecule has 0 saturated carbocycles. The molecule has 1 saturated heterocycles. The van der Waals surface area contributed by atoms with Gasteiger partial charge in [0.05, 0.1) is 18.2 Å². The van der Waals surface area contributed by atoms with E-state index in [9.17, 15) is 19.7 Å². The molecule has 0 bridgehead atoms. The number of rotatable bonds is 3. The first-order valence-corrected chi connectivity index (χ1v) is 11.2. The number of aryl methyl sites for hydroxylation is 1. The Bertz CT molecular complexity index is 1390. The lowest BCUT2D eigenvalue weighted by molar-refractivity contribution is 0.0951. The summed E-state index contributed by atoms with van der Waals surface area (Å²) in [6.45, 7) is 1.94. The van der Waals surface area contributed by atoms with E-state index in [0.29, 0.717) is 16.1 Å². The van der Waals surface area contributed by atoms with Gasteiger partial charge in [0, 0.05) is 22.2 Å². The van der Waals surface area contributed by atoms with Gasteiger partial charge in [-0.25, -0.2) is 4.39 Å². The van der Waals surface area contributed by atoms with Crippen LogP contribution in [0.2, 0.25) is 5.02 Å². The summed E-state index contributed by atoms with van der Waals surface area (Å²) in [4.78, 5) is 15.9. The standard InChI is InChI=1S/C28H19ClFN3O/c1-17-2-4-19(5-3-17)27(34)26-25(18-6-10-22(30)11-7-18)28(15-31,16-32)24-13-8-20-14-21(29)9-12-23(20)33(24)26/h2-14,24-26H,1H3/t24-,25+,26-/m1/s1. The van der Waals surface area contributed by atoms with E-state index in [2.05, 4.69) is 12.1 Å². The summed E-state index contributed by atoms with van der Waals surface area (Å²) >= 11 is 6.22. The lowest BCUT2D eigenvalue weighted by Crippen LogP contribution is -2.44. The monoisotopic (exact) mass is 467 g/mol. The molecule has 1 fully saturated rings. The molecule has 0 N–H and O–H groups in total. The van der Waals surface area contributed by atoms with E-state index in [0.717, 1.165) is 16.8 Å². The highest BCUT2D eigenvalue weighted by molar-refractivity contribution is 6.30. The third kappa shape index (κ3) is 3.21. The van der Waals surface area contributed by atoms with Gasteiger partial charge in [0.1, 0.15) is 11.9 Å². The zero-order valence-corrected chi connectivity index (χ0v) is 19.0. The van der Waals surface area contributed by atoms with Gasteiger partial charge in [-0.2, -0.15) is 10.5 Å². The van der Waals surface area contributed by atoms with Gasteiger partial charge in [0.25, 0.3) is 0 Å². The Balaban J connectivity index is 1.78. The van der Waals surface area contributed by atoms with Gasteiger partial charge >= 0.3 is 0 Å². The van der Waals surface area contributed by atoms with Crippen molar-refractivity contribution < 1.29 is 9.18 Å². The summed E-state index contributed by atoms with van der Waals surface area (Å²) in [5.41, 5.74) is 2.01. The van der Waals surface area contributed by atoms with Crippen LogP contribution in [0.1, 0.15) is 33.0 Å². The van der Waals surface area contributed by atoms with Crippen molar-refractivity contribution in [1.29, 1.82) is 10.5 Å². The van der Waals surface area contributed by atoms with Crippen molar-refractivity contribution in [1.82, 2.24) is 0 Å². The Morgan fingerprint density at radius 2 is 1.71 bits per heavy atom. The van der Waals surface area contributed by atoms with Crippen LogP contribution >= 0.6 is 11.6 Å². The van der Waals surface area contributed by atoms with Crippen LogP contribution in [0.5, 0.6) is 0 Å². The molecule has 2 aliphatic heterocycles. The van der Waals surface area contributed by atoms with Gasteiger partial charge < -0.3 is 4.90 Å². The molecule has 3 aromatic carbocycles. The van der Waals surface area contributed by atoms with Crippen LogP contribution < -0.4 is 4.90 Å². The number of hydrogen-bond acceptors (Lipinski definition) is 4. The highest BCUT2D eigenvalue weighted by Gasteiger charge is 2.63. The number of halogens is 2. The molecule has 5 rings (SSSR count). The molecule has 2 aliphatic rings. The minimum Gasteiger partial charge on any atom is -0.351 e. The SMILES string of the molecule is Cc1ccc(C(=O)[C@H]2[C@H](c3ccc(F)cc3)C(C#N)(C#N)[C@H]3C=Cc4cc(Cl)ccc4N23)cc1. The minimum absolute atomic E-state index is 0.206. The predicted molar refractivity (Wildman–Crippen MR) is 129 cm³/mol. The van der Waals surface area contributed by atoms with Crippen LogP contribution in [0, 0.1) is 40.8 Å². The molecule has 6 heteroatoms. The zero-order chi connectivity index (χ0) is 24.0. The number of benzene rings is 3. The summed E-state index contributed by atoms with van der Waals surface area (Å²) in [5.74, 6) is -1.45. The Morgan fingerprint density at radius 3 is 2.35 bits per heavy atom. The number of carbonyl (C=O) groups is 1. The molecule has 166 valence electrons. The van der Waals surface area contributed by atoms with Crippen LogP contribution in [-0.2, 0) is 0 Å². The van der Waals surface area contributed by atoms with E-state index in [-0.39, 0.29) is 5.78 Å². The lowest BCUT2D eigenvalue weighted by Gasteiger charge is -2.35. The van der Waals surface area contributed by atoms with Crippen molar-refractivity contribution in [2.45, 2.75) is 24.9 Å². The van der Waals surface area contributed by atoms with Crippen molar-refractivity contribution in [3.63, 3.8) is 0 Å². The van der Waals surface area contributed by atoms with Gasteiger partial charge in [-0.05, 0) is 48.4 Å². The van der Waals surface area contributed by atoms with Gasteiger partial charge in [-0.1, -0.05) is 65.7 Å². The van der Waals surface area contributed by atoms with E-state index >= 15 is 0 Å². The lowest BCUT2D eigenvalue weighted by atomic mass is 9.69. The van der Waals surface area contributed by atoms with Crippen LogP contribution in [-0.4, -0.2) is 17.9 Å². The van der Waals surface area contributed by atoms with Crippen molar-refractivity contribution in [3.05, 3.63) is 106 Å². The first-order valence-electron chi connectivity index (χ1n) is 10.8. The van der Waals surface area contributed by atoms with Gasteiger partial charge in [-0.3, -0.25) is 4.79 Å². The Labute approximate surface area is 202 Å². The Morgan fingerprint density at radius 1 is 1.03 bits per heavy atom. The number of nitrogens with zero attached hydrogens (tertiary/aromatic N) is 3. The van der Waals surface area contributed by atoms with Gasteiger partial charge in [0.15, 0.2) is 11.2 Å². The molecule has 4 nitrogen and oxygen atoms in total. The minimum atomic E-state index is -1.57. The van der Waals surface area contributed by atoms with Crippen molar-refractivity contribution in [2.24, 2.45) is 5.41 Å². The van der Waals surface area contributed by atoms with Crippen LogP contribution in [0.25, 0.3) is 6.08 Å². The maximum Gasteiger partial charge on any atom is 0.185 e. The van der Waals surface area contributed by atoms with E-state index < -0.39 is 29.2 Å². The summed E-state index contributed by atoms with van der Waals surface area (Å²) in [7, 11) is 0. The van der Waals surface area contributed by atoms with Crippen molar-refractivity contribution in [2.75, 3.05) is 4.90 Å². The summed E-state index contributed by atoms with van der Waals surface area (Å²) in [6, 6.07) is 21.3. The van der Waals surface area contributed by atoms with Crippen molar-refractivity contribution in [3.8, 4) is 12.1 Å². The smallest absolute Gasteiger partial charge is 0.185 e. The molecule has 0 amide bonds. The second-order valence-corrected chi connectivity index (χ2v) is 9.15. The summed E-state index contributed by atoms with van der Waals surface area (Å²) in [5, 5.41) is 21.3. The van der Waals surface area contributed by atoms with Crippen molar-refractivity contribution >= 4 is 29.1 Å². The van der Waals surface area contributed by atoms with E-state index in [4.69, 9.17) is 11.6 Å². The Kier molecular flexibility index (Phi) is 5.24. The Hall–Kier alpha value is -3.93. The maximum absolute atomic E-state index is 14.1. The first-order chi connectivity index (χ1) is 16.4. The fourth-order valence-electron chi connectivity index (χ4n) is 5.20. The number of fused-ring (bicyclic) bond motifs is 3. The second-order valence-electron chi connectivity index (χ2n) is 8.71. The number of carbonyl (C=O) groups excluding carboxylic acids is 1. The fourth-order valence-corrected chi connectivity index (χ4v) is 5.38. The van der Waals surface area contributed by atoms with E-state index in [1.807, 2.05) is 36.1 Å². The molecule has 0 aliphatic carbocycles. The molecule has 0 aromatic heterocycles. The number of ketones is 1. The normalized spacial score (nSPS) is 21.8.